The van der Waals surface area contributed by atoms with E-state index in [9.17, 15) is 9.59 Å². The molecule has 1 fully saturated rings. The van der Waals surface area contributed by atoms with Gasteiger partial charge in [0.15, 0.2) is 23.9 Å². The molecule has 0 spiro atoms. The molecule has 0 bridgehead atoms. The summed E-state index contributed by atoms with van der Waals surface area (Å²) in [5.41, 5.74) is -1.31. The minimum absolute atomic E-state index is 0.0603. The second kappa shape index (κ2) is 6.88. The number of fused-ring (bicyclic) bond motifs is 3. The quantitative estimate of drug-likeness (QED) is 0.776. The molecule has 0 amide bonds. The highest BCUT2D eigenvalue weighted by molar-refractivity contribution is 5.76. The van der Waals surface area contributed by atoms with Crippen molar-refractivity contribution in [3.05, 3.63) is 17.8 Å². The fourth-order valence-electron chi connectivity index (χ4n) is 2.82. The first kappa shape index (κ1) is 20.3. The number of carbonyl (C=O) groups excluding carboxylic acids is 2. The third-order valence-corrected chi connectivity index (χ3v) is 4.48. The van der Waals surface area contributed by atoms with Gasteiger partial charge in [-0.3, -0.25) is 19.6 Å². The van der Waals surface area contributed by atoms with E-state index in [2.05, 4.69) is 4.98 Å². The minimum Gasteiger partial charge on any atom is -0.462 e. The van der Waals surface area contributed by atoms with Gasteiger partial charge in [-0.25, -0.2) is 0 Å². The highest BCUT2D eigenvalue weighted by Crippen LogP contribution is 2.41. The average molecular weight is 393 g/mol. The van der Waals surface area contributed by atoms with E-state index in [1.807, 2.05) is 0 Å². The molecular formula is C19H27N3O6. The molecule has 3 rings (SSSR count). The molecule has 0 aliphatic carbocycles. The van der Waals surface area contributed by atoms with Gasteiger partial charge in [-0.1, -0.05) is 0 Å². The number of ether oxygens (including phenoxy) is 4. The Bertz CT molecular complexity index is 835. The minimum atomic E-state index is -0.777. The van der Waals surface area contributed by atoms with Gasteiger partial charge >= 0.3 is 17.9 Å². The molecule has 154 valence electrons. The topological polar surface area (TPSA) is 113 Å². The predicted molar refractivity (Wildman–Crippen MR) is 96.2 cm³/mol. The highest BCUT2D eigenvalue weighted by Gasteiger charge is 2.54. The molecular weight excluding hydrogens is 366 g/mol. The van der Waals surface area contributed by atoms with E-state index in [0.29, 0.717) is 0 Å². The van der Waals surface area contributed by atoms with Crippen LogP contribution in [0.2, 0.25) is 0 Å². The summed E-state index contributed by atoms with van der Waals surface area (Å²) >= 11 is 0. The molecule has 4 unspecified atom stereocenters. The van der Waals surface area contributed by atoms with Gasteiger partial charge in [0.25, 0.3) is 0 Å². The van der Waals surface area contributed by atoms with Crippen molar-refractivity contribution in [3.8, 4) is 6.01 Å². The molecule has 9 heteroatoms. The third kappa shape index (κ3) is 3.89. The van der Waals surface area contributed by atoms with Crippen LogP contribution in [0.1, 0.15) is 47.8 Å². The first-order valence-electron chi connectivity index (χ1n) is 9.22. The predicted octanol–water partition coefficient (Wildman–Crippen LogP) is 1.57. The van der Waals surface area contributed by atoms with E-state index < -0.39 is 41.3 Å². The Morgan fingerprint density at radius 2 is 1.82 bits per heavy atom. The lowest BCUT2D eigenvalue weighted by molar-refractivity contribution is -0.170. The Morgan fingerprint density at radius 1 is 1.18 bits per heavy atom. The van der Waals surface area contributed by atoms with Crippen LogP contribution in [-0.2, 0) is 23.8 Å². The number of carbonyl (C=O) groups is 2. The van der Waals surface area contributed by atoms with Gasteiger partial charge < -0.3 is 18.9 Å². The van der Waals surface area contributed by atoms with Crippen molar-refractivity contribution in [3.63, 3.8) is 0 Å². The molecule has 2 aliphatic heterocycles. The van der Waals surface area contributed by atoms with Gasteiger partial charge in [-0.05, 0) is 47.6 Å². The number of nitrogens with zero attached hydrogens (tertiary/aromatic N) is 2. The summed E-state index contributed by atoms with van der Waals surface area (Å²) in [5.74, 6) is -0.781. The summed E-state index contributed by atoms with van der Waals surface area (Å²) in [6.07, 6.45) is -1.04. The number of aromatic nitrogens is 2. The fourth-order valence-corrected chi connectivity index (χ4v) is 2.82. The van der Waals surface area contributed by atoms with Crippen molar-refractivity contribution in [1.29, 1.82) is 5.41 Å². The maximum Gasteiger partial charge on any atom is 0.311 e. The maximum absolute atomic E-state index is 12.5. The number of rotatable bonds is 3. The summed E-state index contributed by atoms with van der Waals surface area (Å²) in [5, 5.41) is 7.64. The monoisotopic (exact) mass is 393 g/mol. The van der Waals surface area contributed by atoms with Crippen LogP contribution in [0, 0.1) is 16.2 Å². The summed E-state index contributed by atoms with van der Waals surface area (Å²) in [4.78, 5) is 28.7. The molecule has 0 aromatic carbocycles. The van der Waals surface area contributed by atoms with Gasteiger partial charge in [0.1, 0.15) is 12.7 Å². The lowest BCUT2D eigenvalue weighted by Crippen LogP contribution is -2.43. The molecule has 0 radical (unpaired) electrons. The van der Waals surface area contributed by atoms with Gasteiger partial charge in [-0.15, -0.1) is 0 Å². The number of hydrogen-bond donors (Lipinski definition) is 1. The van der Waals surface area contributed by atoms with Crippen LogP contribution in [0.5, 0.6) is 6.01 Å². The van der Waals surface area contributed by atoms with Gasteiger partial charge in [0.2, 0.25) is 0 Å². The van der Waals surface area contributed by atoms with Crippen molar-refractivity contribution in [2.75, 3.05) is 6.61 Å². The number of hydrogen-bond acceptors (Lipinski definition) is 8. The number of nitrogens with one attached hydrogen (secondary N) is 1. The van der Waals surface area contributed by atoms with Crippen LogP contribution in [0.4, 0.5) is 0 Å². The lowest BCUT2D eigenvalue weighted by Gasteiger charge is -2.26. The van der Waals surface area contributed by atoms with Crippen LogP contribution >= 0.6 is 0 Å². The summed E-state index contributed by atoms with van der Waals surface area (Å²) < 4.78 is 24.6. The van der Waals surface area contributed by atoms with Crippen molar-refractivity contribution in [2.24, 2.45) is 10.8 Å². The first-order chi connectivity index (χ1) is 12.9. The van der Waals surface area contributed by atoms with Crippen LogP contribution in [0.3, 0.4) is 0 Å². The molecule has 1 saturated heterocycles. The molecule has 4 atom stereocenters. The van der Waals surface area contributed by atoms with Crippen molar-refractivity contribution < 1.29 is 28.5 Å². The normalized spacial score (nSPS) is 26.2. The van der Waals surface area contributed by atoms with Crippen molar-refractivity contribution in [2.45, 2.75) is 66.1 Å². The zero-order chi connectivity index (χ0) is 20.9. The van der Waals surface area contributed by atoms with E-state index >= 15 is 0 Å². The van der Waals surface area contributed by atoms with Crippen LogP contribution in [0.25, 0.3) is 0 Å². The van der Waals surface area contributed by atoms with Crippen LogP contribution in [-0.4, -0.2) is 46.4 Å². The van der Waals surface area contributed by atoms with Crippen molar-refractivity contribution in [1.82, 2.24) is 9.55 Å². The largest absolute Gasteiger partial charge is 0.462 e. The molecule has 1 aromatic heterocycles. The molecule has 3 heterocycles. The second-order valence-corrected chi connectivity index (χ2v) is 9.12. The zero-order valence-electron chi connectivity index (χ0n) is 17.0. The first-order valence-corrected chi connectivity index (χ1v) is 9.22. The fraction of sp³-hybridized carbons (Fsp3) is 0.684. The van der Waals surface area contributed by atoms with E-state index in [-0.39, 0.29) is 24.1 Å². The Morgan fingerprint density at radius 3 is 2.43 bits per heavy atom. The average Bonchev–Trinajstić information content (AvgIpc) is 3.06. The van der Waals surface area contributed by atoms with E-state index in [1.165, 1.54) is 6.07 Å². The Labute approximate surface area is 163 Å². The zero-order valence-corrected chi connectivity index (χ0v) is 17.0. The summed E-state index contributed by atoms with van der Waals surface area (Å²) in [6.45, 7) is 10.5. The van der Waals surface area contributed by atoms with Gasteiger partial charge in [0, 0.05) is 6.20 Å². The molecule has 28 heavy (non-hydrogen) atoms. The maximum atomic E-state index is 12.5. The highest BCUT2D eigenvalue weighted by atomic mass is 16.7. The number of esters is 2. The molecule has 1 aromatic rings. The second-order valence-electron chi connectivity index (χ2n) is 9.12. The van der Waals surface area contributed by atoms with E-state index in [1.54, 1.807) is 52.3 Å². The molecule has 2 aliphatic rings. The molecule has 1 N–H and O–H groups in total. The van der Waals surface area contributed by atoms with Crippen LogP contribution < -0.4 is 10.2 Å². The van der Waals surface area contributed by atoms with Crippen molar-refractivity contribution >= 4 is 11.9 Å². The Kier molecular flexibility index (Phi) is 4.99. The SMILES string of the molecule is CC(C)(C)C(=O)OCC1OC2C(Oc3nc(=N)ccn32)C1OC(=O)C(C)(C)C. The van der Waals surface area contributed by atoms with Gasteiger partial charge in [-0.2, -0.15) is 4.98 Å². The Hall–Kier alpha value is -2.42. The van der Waals surface area contributed by atoms with Crippen LogP contribution in [0.15, 0.2) is 12.3 Å². The Balaban J connectivity index is 1.82. The van der Waals surface area contributed by atoms with E-state index in [0.717, 1.165) is 0 Å². The summed E-state index contributed by atoms with van der Waals surface area (Å²) in [6, 6.07) is 1.74. The standard InChI is InChI=1S/C19H27N3O6/c1-18(2,3)15(23)25-9-10-12(27-16(24)19(4,5)6)13-14(26-10)22-8-7-11(20)21-17(22)28-13/h7-8,10,12-14,20H,9H2,1-6H3. The lowest BCUT2D eigenvalue weighted by atomic mass is 9.97. The molecule has 9 nitrogen and oxygen atoms in total. The summed E-state index contributed by atoms with van der Waals surface area (Å²) in [7, 11) is 0. The third-order valence-electron chi connectivity index (χ3n) is 4.48. The molecule has 0 saturated carbocycles. The smallest absolute Gasteiger partial charge is 0.311 e. The van der Waals surface area contributed by atoms with E-state index in [4.69, 9.17) is 24.4 Å². The van der Waals surface area contributed by atoms with Gasteiger partial charge in [0.05, 0.1) is 10.8 Å².